The Bertz CT molecular complexity index is 730. The zero-order valence-electron chi connectivity index (χ0n) is 11.7. The third kappa shape index (κ3) is 1.90. The van der Waals surface area contributed by atoms with Crippen LogP contribution in [0.3, 0.4) is 0 Å². The van der Waals surface area contributed by atoms with Gasteiger partial charge >= 0.3 is 0 Å². The van der Waals surface area contributed by atoms with Gasteiger partial charge in [-0.15, -0.1) is 11.3 Å². The molecule has 20 heavy (non-hydrogen) atoms. The third-order valence-corrected chi connectivity index (χ3v) is 5.65. The zero-order valence-corrected chi connectivity index (χ0v) is 12.5. The van der Waals surface area contributed by atoms with Crippen molar-refractivity contribution in [1.82, 2.24) is 0 Å². The lowest BCUT2D eigenvalue weighted by molar-refractivity contribution is 0.568. The van der Waals surface area contributed by atoms with Crippen molar-refractivity contribution in [2.75, 3.05) is 0 Å². The first-order valence-electron chi connectivity index (χ1n) is 7.38. The van der Waals surface area contributed by atoms with Crippen molar-refractivity contribution < 1.29 is 4.42 Å². The number of hydrogen-bond acceptors (Lipinski definition) is 2. The second kappa shape index (κ2) is 4.78. The van der Waals surface area contributed by atoms with E-state index in [1.54, 1.807) is 11.8 Å². The van der Waals surface area contributed by atoms with Gasteiger partial charge in [0.1, 0.15) is 0 Å². The minimum absolute atomic E-state index is 0.733. The highest BCUT2D eigenvalue weighted by Crippen LogP contribution is 2.47. The second-order valence-corrected chi connectivity index (χ2v) is 6.89. The van der Waals surface area contributed by atoms with Crippen LogP contribution in [-0.4, -0.2) is 0 Å². The topological polar surface area (TPSA) is 13.1 Å². The Morgan fingerprint density at radius 2 is 2.00 bits per heavy atom. The van der Waals surface area contributed by atoms with Gasteiger partial charge in [-0.2, -0.15) is 0 Å². The fourth-order valence-corrected chi connectivity index (χ4v) is 4.82. The largest absolute Gasteiger partial charge is 0.472 e. The Kier molecular flexibility index (Phi) is 2.92. The second-order valence-electron chi connectivity index (χ2n) is 5.84. The highest BCUT2D eigenvalue weighted by Gasteiger charge is 2.25. The standard InChI is InChI=1S/C18H18OS/c1-12-6-7-15-16(10-12)20-18(14-8-9-19-11-14)17(15)13-4-2-3-5-13/h6-11,13H,2-5H2,1H3. The molecule has 1 nitrogen and oxygen atoms in total. The van der Waals surface area contributed by atoms with Gasteiger partial charge in [0.2, 0.25) is 0 Å². The van der Waals surface area contributed by atoms with Crippen LogP contribution in [0.15, 0.2) is 41.2 Å². The first kappa shape index (κ1) is 12.2. The van der Waals surface area contributed by atoms with Gasteiger partial charge in [-0.25, -0.2) is 0 Å². The molecule has 0 unspecified atom stereocenters. The Labute approximate surface area is 123 Å². The third-order valence-electron chi connectivity index (χ3n) is 4.43. The Hall–Kier alpha value is -1.54. The minimum atomic E-state index is 0.733. The first-order valence-corrected chi connectivity index (χ1v) is 8.20. The van der Waals surface area contributed by atoms with E-state index < -0.39 is 0 Å². The summed E-state index contributed by atoms with van der Waals surface area (Å²) in [7, 11) is 0. The average Bonchev–Trinajstić information content (AvgIpc) is 3.17. The van der Waals surface area contributed by atoms with Crippen LogP contribution in [-0.2, 0) is 0 Å². The minimum Gasteiger partial charge on any atom is -0.472 e. The van der Waals surface area contributed by atoms with Crippen LogP contribution in [0.25, 0.3) is 20.5 Å². The van der Waals surface area contributed by atoms with Crippen molar-refractivity contribution in [2.24, 2.45) is 0 Å². The number of aryl methyl sites for hydroxylation is 1. The molecule has 0 saturated heterocycles. The summed E-state index contributed by atoms with van der Waals surface area (Å²) in [4.78, 5) is 1.42. The number of hydrogen-bond donors (Lipinski definition) is 0. The monoisotopic (exact) mass is 282 g/mol. The zero-order chi connectivity index (χ0) is 13.5. The predicted octanol–water partition coefficient (Wildman–Crippen LogP) is 6.13. The Balaban J connectivity index is 1.98. The van der Waals surface area contributed by atoms with Crippen LogP contribution in [0.2, 0.25) is 0 Å². The summed E-state index contributed by atoms with van der Waals surface area (Å²) in [6.45, 7) is 2.17. The lowest BCUT2D eigenvalue weighted by Gasteiger charge is -2.11. The lowest BCUT2D eigenvalue weighted by Crippen LogP contribution is -1.92. The van der Waals surface area contributed by atoms with Gasteiger partial charge in [0.25, 0.3) is 0 Å². The first-order chi connectivity index (χ1) is 9.83. The molecular weight excluding hydrogens is 264 g/mol. The maximum absolute atomic E-state index is 5.31. The molecule has 1 aromatic carbocycles. The summed E-state index contributed by atoms with van der Waals surface area (Å²) in [6.07, 6.45) is 9.09. The van der Waals surface area contributed by atoms with Gasteiger partial charge in [-0.3, -0.25) is 0 Å². The van der Waals surface area contributed by atoms with Crippen molar-refractivity contribution in [3.63, 3.8) is 0 Å². The van der Waals surface area contributed by atoms with E-state index in [-0.39, 0.29) is 0 Å². The van der Waals surface area contributed by atoms with E-state index in [4.69, 9.17) is 4.42 Å². The number of benzene rings is 1. The molecule has 1 fully saturated rings. The van der Waals surface area contributed by atoms with Crippen LogP contribution in [0, 0.1) is 6.92 Å². The van der Waals surface area contributed by atoms with E-state index in [1.165, 1.54) is 51.8 Å². The molecule has 0 amide bonds. The van der Waals surface area contributed by atoms with E-state index in [0.29, 0.717) is 0 Å². The molecule has 0 aliphatic heterocycles. The molecule has 2 heteroatoms. The Morgan fingerprint density at radius 3 is 2.75 bits per heavy atom. The molecule has 1 saturated carbocycles. The summed E-state index contributed by atoms with van der Waals surface area (Å²) in [6, 6.07) is 8.98. The van der Waals surface area contributed by atoms with Crippen LogP contribution in [0.1, 0.15) is 42.7 Å². The van der Waals surface area contributed by atoms with E-state index in [2.05, 4.69) is 31.2 Å². The molecular formula is C18H18OS. The number of fused-ring (bicyclic) bond motifs is 1. The van der Waals surface area contributed by atoms with E-state index in [0.717, 1.165) is 5.92 Å². The SMILES string of the molecule is Cc1ccc2c(C3CCCC3)c(-c3ccoc3)sc2c1. The van der Waals surface area contributed by atoms with E-state index >= 15 is 0 Å². The predicted molar refractivity (Wildman–Crippen MR) is 85.5 cm³/mol. The maximum atomic E-state index is 5.31. The van der Waals surface area contributed by atoms with Gasteiger partial charge in [0.15, 0.2) is 0 Å². The van der Waals surface area contributed by atoms with Gasteiger partial charge in [0.05, 0.1) is 12.5 Å². The normalized spacial score (nSPS) is 16.2. The van der Waals surface area contributed by atoms with Gasteiger partial charge in [-0.05, 0) is 54.3 Å². The molecule has 2 aromatic heterocycles. The molecule has 3 aromatic rings. The fourth-order valence-electron chi connectivity index (χ4n) is 3.45. The van der Waals surface area contributed by atoms with Gasteiger partial charge in [0, 0.05) is 15.1 Å². The van der Waals surface area contributed by atoms with Crippen LogP contribution in [0.5, 0.6) is 0 Å². The molecule has 4 rings (SSSR count). The quantitative estimate of drug-likeness (QED) is 0.551. The number of furan rings is 1. The summed E-state index contributed by atoms with van der Waals surface area (Å²) < 4.78 is 6.73. The number of thiophene rings is 1. The highest BCUT2D eigenvalue weighted by atomic mass is 32.1. The van der Waals surface area contributed by atoms with Gasteiger partial charge < -0.3 is 4.42 Å². The Morgan fingerprint density at radius 1 is 1.15 bits per heavy atom. The average molecular weight is 282 g/mol. The van der Waals surface area contributed by atoms with Crippen LogP contribution < -0.4 is 0 Å². The molecule has 0 radical (unpaired) electrons. The molecule has 1 aliphatic rings. The van der Waals surface area contributed by atoms with Crippen LogP contribution in [0.4, 0.5) is 0 Å². The summed E-state index contributed by atoms with van der Waals surface area (Å²) in [5, 5.41) is 1.46. The van der Waals surface area contributed by atoms with Crippen molar-refractivity contribution >= 4 is 21.4 Å². The fraction of sp³-hybridized carbons (Fsp3) is 0.333. The molecule has 0 bridgehead atoms. The summed E-state index contributed by atoms with van der Waals surface area (Å²) >= 11 is 1.92. The van der Waals surface area contributed by atoms with Gasteiger partial charge in [-0.1, -0.05) is 25.0 Å². The van der Waals surface area contributed by atoms with E-state index in [9.17, 15) is 0 Å². The molecule has 0 spiro atoms. The molecule has 102 valence electrons. The smallest absolute Gasteiger partial charge is 0.0989 e. The van der Waals surface area contributed by atoms with Crippen molar-refractivity contribution in [1.29, 1.82) is 0 Å². The summed E-state index contributed by atoms with van der Waals surface area (Å²) in [5.74, 6) is 0.733. The lowest BCUT2D eigenvalue weighted by atomic mass is 9.93. The number of rotatable bonds is 2. The van der Waals surface area contributed by atoms with Crippen LogP contribution >= 0.6 is 11.3 Å². The maximum Gasteiger partial charge on any atom is 0.0989 e. The van der Waals surface area contributed by atoms with Crippen molar-refractivity contribution in [3.05, 3.63) is 47.9 Å². The molecule has 2 heterocycles. The summed E-state index contributed by atoms with van der Waals surface area (Å²) in [5.41, 5.74) is 4.16. The van der Waals surface area contributed by atoms with E-state index in [1.807, 2.05) is 17.6 Å². The molecule has 0 N–H and O–H groups in total. The molecule has 0 atom stereocenters. The highest BCUT2D eigenvalue weighted by molar-refractivity contribution is 7.22. The van der Waals surface area contributed by atoms with Crippen molar-refractivity contribution in [3.8, 4) is 10.4 Å². The van der Waals surface area contributed by atoms with Crippen molar-refractivity contribution in [2.45, 2.75) is 38.5 Å². The molecule has 1 aliphatic carbocycles.